The zero-order valence-electron chi connectivity index (χ0n) is 13.5. The number of carbonyl (C=O) groups excluding carboxylic acids is 2. The maximum absolute atomic E-state index is 12.8. The highest BCUT2D eigenvalue weighted by atomic mass is 32.2. The van der Waals surface area contributed by atoms with E-state index in [9.17, 15) is 9.59 Å². The second-order valence-electron chi connectivity index (χ2n) is 6.07. The van der Waals surface area contributed by atoms with Gasteiger partial charge < -0.3 is 9.80 Å². The molecule has 0 aliphatic carbocycles. The summed E-state index contributed by atoms with van der Waals surface area (Å²) in [5.74, 6) is 1.06. The fourth-order valence-electron chi connectivity index (χ4n) is 2.58. The second kappa shape index (κ2) is 7.68. The molecule has 0 bridgehead atoms. The van der Waals surface area contributed by atoms with Crippen molar-refractivity contribution in [2.45, 2.75) is 24.7 Å². The molecule has 0 radical (unpaired) electrons. The van der Waals surface area contributed by atoms with E-state index in [2.05, 4.69) is 6.92 Å². The van der Waals surface area contributed by atoms with Crippen LogP contribution in [0.15, 0.2) is 29.2 Å². The predicted octanol–water partition coefficient (Wildman–Crippen LogP) is 2.74. The van der Waals surface area contributed by atoms with E-state index in [-0.39, 0.29) is 11.8 Å². The molecule has 1 atom stereocenters. The minimum atomic E-state index is 0.0545. The second-order valence-corrected chi connectivity index (χ2v) is 7.09. The fraction of sp³-hybridized carbons (Fsp3) is 0.529. The van der Waals surface area contributed by atoms with Crippen LogP contribution >= 0.6 is 11.8 Å². The molecule has 120 valence electrons. The number of piperidine rings is 1. The Bertz CT molecular complexity index is 545. The summed E-state index contributed by atoms with van der Waals surface area (Å²) < 4.78 is 0. The van der Waals surface area contributed by atoms with Crippen molar-refractivity contribution in [1.29, 1.82) is 0 Å². The summed E-state index contributed by atoms with van der Waals surface area (Å²) >= 11 is 1.44. The van der Waals surface area contributed by atoms with Crippen LogP contribution in [0.2, 0.25) is 0 Å². The molecule has 1 aromatic carbocycles. The molecule has 1 fully saturated rings. The van der Waals surface area contributed by atoms with E-state index >= 15 is 0 Å². The van der Waals surface area contributed by atoms with Crippen LogP contribution in [0.25, 0.3) is 0 Å². The van der Waals surface area contributed by atoms with Crippen molar-refractivity contribution in [3.8, 4) is 0 Å². The summed E-state index contributed by atoms with van der Waals surface area (Å²) in [5, 5.41) is 0. The topological polar surface area (TPSA) is 40.6 Å². The highest BCUT2D eigenvalue weighted by Gasteiger charge is 2.23. The van der Waals surface area contributed by atoms with Gasteiger partial charge >= 0.3 is 0 Å². The molecule has 2 rings (SSSR count). The van der Waals surface area contributed by atoms with Crippen molar-refractivity contribution >= 4 is 23.6 Å². The van der Waals surface area contributed by atoms with Crippen molar-refractivity contribution in [2.75, 3.05) is 32.9 Å². The number of rotatable bonds is 4. The first kappa shape index (κ1) is 16.9. The van der Waals surface area contributed by atoms with Gasteiger partial charge in [-0.25, -0.2) is 0 Å². The number of thioether (sulfide) groups is 1. The van der Waals surface area contributed by atoms with Crippen molar-refractivity contribution in [3.05, 3.63) is 29.8 Å². The first-order chi connectivity index (χ1) is 10.5. The summed E-state index contributed by atoms with van der Waals surface area (Å²) in [7, 11) is 3.49. The number of hydrogen-bond acceptors (Lipinski definition) is 3. The number of likely N-dealkylation sites (tertiary alicyclic amines) is 1. The Labute approximate surface area is 136 Å². The molecule has 1 saturated heterocycles. The third-order valence-electron chi connectivity index (χ3n) is 3.91. The van der Waals surface area contributed by atoms with Crippen LogP contribution in [-0.2, 0) is 4.79 Å². The smallest absolute Gasteiger partial charge is 0.254 e. The summed E-state index contributed by atoms with van der Waals surface area (Å²) in [4.78, 5) is 28.9. The van der Waals surface area contributed by atoms with E-state index < -0.39 is 0 Å². The van der Waals surface area contributed by atoms with Gasteiger partial charge in [-0.15, -0.1) is 11.8 Å². The zero-order chi connectivity index (χ0) is 16.1. The minimum Gasteiger partial charge on any atom is -0.348 e. The first-order valence-corrected chi connectivity index (χ1v) is 8.69. The van der Waals surface area contributed by atoms with E-state index in [0.717, 1.165) is 24.4 Å². The van der Waals surface area contributed by atoms with E-state index in [1.807, 2.05) is 29.2 Å². The highest BCUT2D eigenvalue weighted by Crippen LogP contribution is 2.26. The molecule has 1 unspecified atom stereocenters. The standard InChI is InChI=1S/C17H24N2O2S/c1-13-7-6-10-19(11-13)17(21)14-8-4-5-9-15(14)22-12-16(20)18(2)3/h4-5,8-9,13H,6-7,10-12H2,1-3H3. The summed E-state index contributed by atoms with van der Waals surface area (Å²) in [6.45, 7) is 3.85. The summed E-state index contributed by atoms with van der Waals surface area (Å²) in [5.41, 5.74) is 0.716. The number of benzene rings is 1. The first-order valence-electron chi connectivity index (χ1n) is 7.70. The highest BCUT2D eigenvalue weighted by molar-refractivity contribution is 8.00. The van der Waals surface area contributed by atoms with Gasteiger partial charge in [0.2, 0.25) is 5.91 Å². The average molecular weight is 320 g/mol. The SMILES string of the molecule is CC1CCCN(C(=O)c2ccccc2SCC(=O)N(C)C)C1. The van der Waals surface area contributed by atoms with Gasteiger partial charge in [-0.3, -0.25) is 9.59 Å². The van der Waals surface area contributed by atoms with Crippen molar-refractivity contribution < 1.29 is 9.59 Å². The average Bonchev–Trinajstić information content (AvgIpc) is 2.52. The zero-order valence-corrected chi connectivity index (χ0v) is 14.4. The van der Waals surface area contributed by atoms with Crippen LogP contribution in [0.4, 0.5) is 0 Å². The molecule has 1 aromatic rings. The van der Waals surface area contributed by atoms with Gasteiger partial charge in [0.05, 0.1) is 11.3 Å². The number of hydrogen-bond donors (Lipinski definition) is 0. The van der Waals surface area contributed by atoms with Crippen molar-refractivity contribution in [3.63, 3.8) is 0 Å². The number of carbonyl (C=O) groups is 2. The summed E-state index contributed by atoms with van der Waals surface area (Å²) in [6.07, 6.45) is 2.26. The molecule has 4 nitrogen and oxygen atoms in total. The van der Waals surface area contributed by atoms with Gasteiger partial charge in [-0.05, 0) is 30.9 Å². The van der Waals surface area contributed by atoms with Crippen LogP contribution in [-0.4, -0.2) is 54.6 Å². The van der Waals surface area contributed by atoms with Gasteiger partial charge in [0.15, 0.2) is 0 Å². The Hall–Kier alpha value is -1.49. The Kier molecular flexibility index (Phi) is 5.89. The number of amides is 2. The summed E-state index contributed by atoms with van der Waals surface area (Å²) in [6, 6.07) is 7.59. The lowest BCUT2D eigenvalue weighted by Gasteiger charge is -2.31. The lowest BCUT2D eigenvalue weighted by molar-refractivity contribution is -0.125. The molecule has 1 aliphatic rings. The van der Waals surface area contributed by atoms with Crippen LogP contribution in [0.1, 0.15) is 30.1 Å². The van der Waals surface area contributed by atoms with Gasteiger partial charge in [0, 0.05) is 32.1 Å². The number of nitrogens with zero attached hydrogens (tertiary/aromatic N) is 2. The third-order valence-corrected chi connectivity index (χ3v) is 4.97. The van der Waals surface area contributed by atoms with Crippen LogP contribution < -0.4 is 0 Å². The monoisotopic (exact) mass is 320 g/mol. The van der Waals surface area contributed by atoms with Gasteiger partial charge in [-0.1, -0.05) is 19.1 Å². The van der Waals surface area contributed by atoms with E-state index in [1.165, 1.54) is 18.2 Å². The van der Waals surface area contributed by atoms with E-state index in [1.54, 1.807) is 19.0 Å². The van der Waals surface area contributed by atoms with Gasteiger partial charge in [0.25, 0.3) is 5.91 Å². The van der Waals surface area contributed by atoms with Crippen LogP contribution in [0.3, 0.4) is 0 Å². The molecule has 5 heteroatoms. The Morgan fingerprint density at radius 2 is 2.05 bits per heavy atom. The van der Waals surface area contributed by atoms with E-state index in [0.29, 0.717) is 17.2 Å². The molecule has 0 saturated carbocycles. The van der Waals surface area contributed by atoms with E-state index in [4.69, 9.17) is 0 Å². The van der Waals surface area contributed by atoms with Gasteiger partial charge in [-0.2, -0.15) is 0 Å². The largest absolute Gasteiger partial charge is 0.348 e. The molecule has 22 heavy (non-hydrogen) atoms. The molecular formula is C17H24N2O2S. The van der Waals surface area contributed by atoms with Crippen molar-refractivity contribution in [2.24, 2.45) is 5.92 Å². The molecule has 0 spiro atoms. The van der Waals surface area contributed by atoms with Gasteiger partial charge in [0.1, 0.15) is 0 Å². The maximum Gasteiger partial charge on any atom is 0.254 e. The molecule has 0 N–H and O–H groups in total. The molecule has 1 heterocycles. The molecular weight excluding hydrogens is 296 g/mol. The minimum absolute atomic E-state index is 0.0545. The Morgan fingerprint density at radius 3 is 2.73 bits per heavy atom. The van der Waals surface area contributed by atoms with Crippen LogP contribution in [0, 0.1) is 5.92 Å². The van der Waals surface area contributed by atoms with Crippen molar-refractivity contribution in [1.82, 2.24) is 9.80 Å². The quantitative estimate of drug-likeness (QED) is 0.801. The third kappa shape index (κ3) is 4.26. The lowest BCUT2D eigenvalue weighted by Crippen LogP contribution is -2.39. The lowest BCUT2D eigenvalue weighted by atomic mass is 9.99. The predicted molar refractivity (Wildman–Crippen MR) is 90.2 cm³/mol. The maximum atomic E-state index is 12.8. The normalized spacial score (nSPS) is 18.1. The Morgan fingerprint density at radius 1 is 1.32 bits per heavy atom. The Balaban J connectivity index is 2.10. The van der Waals surface area contributed by atoms with Crippen LogP contribution in [0.5, 0.6) is 0 Å². The molecule has 1 aliphatic heterocycles. The molecule has 2 amide bonds. The molecule has 0 aromatic heterocycles. The fourth-order valence-corrected chi connectivity index (χ4v) is 3.60.